The van der Waals surface area contributed by atoms with Gasteiger partial charge >= 0.3 is 0 Å². The molecule has 2 unspecified atom stereocenters. The van der Waals surface area contributed by atoms with Crippen LogP contribution in [0, 0.1) is 11.3 Å². The number of hydrogen-bond donors (Lipinski definition) is 2. The van der Waals surface area contributed by atoms with Gasteiger partial charge in [0.1, 0.15) is 17.9 Å². The summed E-state index contributed by atoms with van der Waals surface area (Å²) in [5.74, 6) is -0.779. The van der Waals surface area contributed by atoms with Gasteiger partial charge in [0.2, 0.25) is 11.9 Å². The molecule has 0 aliphatic carbocycles. The zero-order valence-electron chi connectivity index (χ0n) is 20.9. The summed E-state index contributed by atoms with van der Waals surface area (Å²) in [6.45, 7) is 1.54. The zero-order chi connectivity index (χ0) is 28.0. The first-order valence-electron chi connectivity index (χ1n) is 11.8. The van der Waals surface area contributed by atoms with Gasteiger partial charge in [-0.3, -0.25) is 4.79 Å². The van der Waals surface area contributed by atoms with Gasteiger partial charge in [0.15, 0.2) is 6.61 Å². The van der Waals surface area contributed by atoms with E-state index in [0.717, 1.165) is 11.1 Å². The number of carbonyl (C=O) groups excluding carboxylic acids is 1. The van der Waals surface area contributed by atoms with Gasteiger partial charge in [-0.15, -0.1) is 0 Å². The standard InChI is InChI=1S/C27H25ClN6O4S/c1-18(26(30)35)31-27(33-39(36,37)23-13-11-22(12-14-23)38-16-15-29)34-17-24(19-5-3-2-4-6-19)25(32-34)20-7-9-21(28)10-8-20/h2-14,18,24H,16-17H2,1H3,(H2,30,35)(H,31,33). The van der Waals surface area contributed by atoms with Crippen LogP contribution in [-0.2, 0) is 14.8 Å². The average molecular weight is 565 g/mol. The first-order valence-corrected chi connectivity index (χ1v) is 13.7. The quantitative estimate of drug-likeness (QED) is 0.317. The summed E-state index contributed by atoms with van der Waals surface area (Å²) < 4.78 is 34.3. The highest BCUT2D eigenvalue weighted by atomic mass is 35.5. The molecule has 1 aliphatic heterocycles. The number of halogens is 1. The fourth-order valence-electron chi connectivity index (χ4n) is 3.86. The molecule has 12 heteroatoms. The highest BCUT2D eigenvalue weighted by Crippen LogP contribution is 2.30. The second kappa shape index (κ2) is 12.0. The number of nitrogens with zero attached hydrogens (tertiary/aromatic N) is 4. The molecule has 2 atom stereocenters. The van der Waals surface area contributed by atoms with Crippen molar-refractivity contribution in [1.29, 1.82) is 5.26 Å². The molecular weight excluding hydrogens is 540 g/mol. The van der Waals surface area contributed by atoms with Crippen molar-refractivity contribution in [3.8, 4) is 11.8 Å². The lowest BCUT2D eigenvalue weighted by Gasteiger charge is -2.20. The third kappa shape index (κ3) is 6.73. The molecule has 3 aromatic carbocycles. The summed E-state index contributed by atoms with van der Waals surface area (Å²) in [4.78, 5) is 16.1. The molecule has 0 saturated heterocycles. The maximum absolute atomic E-state index is 13.3. The normalized spacial score (nSPS) is 16.2. The number of nitrogens with one attached hydrogen (secondary N) is 1. The minimum absolute atomic E-state index is 0.0769. The van der Waals surface area contributed by atoms with Crippen LogP contribution in [0.2, 0.25) is 5.02 Å². The highest BCUT2D eigenvalue weighted by Gasteiger charge is 2.33. The number of guanidine groups is 1. The van der Waals surface area contributed by atoms with Crippen molar-refractivity contribution in [3.05, 3.63) is 95.0 Å². The lowest BCUT2D eigenvalue weighted by Crippen LogP contribution is -2.43. The third-order valence-corrected chi connectivity index (χ3v) is 7.49. The van der Waals surface area contributed by atoms with Gasteiger partial charge in [0, 0.05) is 10.9 Å². The van der Waals surface area contributed by atoms with E-state index in [9.17, 15) is 13.2 Å². The van der Waals surface area contributed by atoms with Crippen molar-refractivity contribution in [1.82, 2.24) is 9.73 Å². The van der Waals surface area contributed by atoms with E-state index < -0.39 is 22.0 Å². The Bertz CT molecular complexity index is 1540. The number of hydrogen-bond acceptors (Lipinski definition) is 7. The Kier molecular flexibility index (Phi) is 8.49. The molecule has 1 aliphatic rings. The molecule has 4 rings (SSSR count). The van der Waals surface area contributed by atoms with Crippen LogP contribution < -0.4 is 15.2 Å². The number of aliphatic imine (C=N–C) groups is 1. The van der Waals surface area contributed by atoms with Crippen LogP contribution in [0.15, 0.2) is 93.9 Å². The number of nitrogens with two attached hydrogens (primary N) is 1. The Morgan fingerprint density at radius 1 is 1.18 bits per heavy atom. The van der Waals surface area contributed by atoms with Gasteiger partial charge in [-0.05, 0) is 54.4 Å². The molecule has 10 nitrogen and oxygen atoms in total. The summed E-state index contributed by atoms with van der Waals surface area (Å²) in [7, 11) is -4.16. The van der Waals surface area contributed by atoms with Crippen LogP contribution in [0.25, 0.3) is 0 Å². The van der Waals surface area contributed by atoms with Crippen LogP contribution in [0.3, 0.4) is 0 Å². The second-order valence-electron chi connectivity index (χ2n) is 8.59. The molecule has 1 heterocycles. The van der Waals surface area contributed by atoms with E-state index in [4.69, 9.17) is 32.4 Å². The summed E-state index contributed by atoms with van der Waals surface area (Å²) >= 11 is 6.09. The molecule has 0 fully saturated rings. The lowest BCUT2D eigenvalue weighted by molar-refractivity contribution is -0.118. The number of nitriles is 1. The monoisotopic (exact) mass is 564 g/mol. The van der Waals surface area contributed by atoms with Gasteiger partial charge in [0.25, 0.3) is 10.0 Å². The maximum atomic E-state index is 13.3. The van der Waals surface area contributed by atoms with Crippen LogP contribution >= 0.6 is 11.6 Å². The van der Waals surface area contributed by atoms with Gasteiger partial charge in [-0.2, -0.15) is 10.4 Å². The summed E-state index contributed by atoms with van der Waals surface area (Å²) in [5.41, 5.74) is 7.88. The SMILES string of the molecule is CC(N=C(NS(=O)(=O)c1ccc(OCC#N)cc1)N1CC(c2ccccc2)C(c2ccc(Cl)cc2)=N1)C(N)=O. The van der Waals surface area contributed by atoms with Gasteiger partial charge < -0.3 is 10.5 Å². The predicted octanol–water partition coefficient (Wildman–Crippen LogP) is 3.25. The number of carbonyl (C=O) groups is 1. The fourth-order valence-corrected chi connectivity index (χ4v) is 5.00. The molecule has 0 spiro atoms. The largest absolute Gasteiger partial charge is 0.479 e. The van der Waals surface area contributed by atoms with E-state index in [0.29, 0.717) is 16.5 Å². The average Bonchev–Trinajstić information content (AvgIpc) is 3.38. The number of amides is 1. The molecule has 3 aromatic rings. The van der Waals surface area contributed by atoms with Crippen molar-refractivity contribution >= 4 is 39.2 Å². The molecule has 0 aromatic heterocycles. The second-order valence-corrected chi connectivity index (χ2v) is 10.7. The van der Waals surface area contributed by atoms with E-state index in [2.05, 4.69) is 9.71 Å². The summed E-state index contributed by atoms with van der Waals surface area (Å²) in [6, 6.07) is 23.2. The molecule has 3 N–H and O–H groups in total. The number of primary amides is 1. The number of rotatable bonds is 8. The molecule has 0 saturated carbocycles. The number of sulfonamides is 1. The Hall–Kier alpha value is -4.40. The van der Waals surface area contributed by atoms with Crippen molar-refractivity contribution in [2.24, 2.45) is 15.8 Å². The number of hydrazone groups is 1. The Morgan fingerprint density at radius 2 is 1.85 bits per heavy atom. The van der Waals surface area contributed by atoms with Gasteiger partial charge in [-0.25, -0.2) is 23.1 Å². The van der Waals surface area contributed by atoms with Gasteiger partial charge in [0.05, 0.1) is 17.2 Å². The molecular formula is C27H25ClN6O4S. The zero-order valence-corrected chi connectivity index (χ0v) is 22.4. The van der Waals surface area contributed by atoms with E-state index in [-0.39, 0.29) is 29.9 Å². The Morgan fingerprint density at radius 3 is 2.46 bits per heavy atom. The molecule has 200 valence electrons. The lowest BCUT2D eigenvalue weighted by atomic mass is 9.91. The van der Waals surface area contributed by atoms with E-state index in [1.165, 1.54) is 36.2 Å². The van der Waals surface area contributed by atoms with Crippen LogP contribution in [-0.4, -0.2) is 50.2 Å². The van der Waals surface area contributed by atoms with Gasteiger partial charge in [-0.1, -0.05) is 54.1 Å². The highest BCUT2D eigenvalue weighted by molar-refractivity contribution is 7.90. The molecule has 39 heavy (non-hydrogen) atoms. The predicted molar refractivity (Wildman–Crippen MR) is 148 cm³/mol. The van der Waals surface area contributed by atoms with Crippen LogP contribution in [0.4, 0.5) is 0 Å². The first-order chi connectivity index (χ1) is 18.7. The molecule has 1 amide bonds. The van der Waals surface area contributed by atoms with E-state index >= 15 is 0 Å². The summed E-state index contributed by atoms with van der Waals surface area (Å²) in [6.07, 6.45) is 0. The third-order valence-electron chi connectivity index (χ3n) is 5.89. The Labute approximate surface area is 231 Å². The van der Waals surface area contributed by atoms with Crippen molar-refractivity contribution in [3.63, 3.8) is 0 Å². The van der Waals surface area contributed by atoms with Crippen LogP contribution in [0.5, 0.6) is 5.75 Å². The first kappa shape index (κ1) is 27.6. The maximum Gasteiger partial charge on any atom is 0.264 e. The number of benzene rings is 3. The molecule has 0 radical (unpaired) electrons. The minimum atomic E-state index is -4.16. The van der Waals surface area contributed by atoms with Crippen LogP contribution in [0.1, 0.15) is 24.0 Å². The van der Waals surface area contributed by atoms with E-state index in [1.54, 1.807) is 12.1 Å². The summed E-state index contributed by atoms with van der Waals surface area (Å²) in [5, 5.41) is 15.4. The minimum Gasteiger partial charge on any atom is -0.479 e. The van der Waals surface area contributed by atoms with Crippen molar-refractivity contribution < 1.29 is 17.9 Å². The Balaban J connectivity index is 1.71. The smallest absolute Gasteiger partial charge is 0.264 e. The van der Waals surface area contributed by atoms with E-state index in [1.807, 2.05) is 48.5 Å². The van der Waals surface area contributed by atoms with Crippen molar-refractivity contribution in [2.75, 3.05) is 13.2 Å². The number of ether oxygens (including phenoxy) is 1. The topological polar surface area (TPSA) is 150 Å². The van der Waals surface area contributed by atoms with Crippen molar-refractivity contribution in [2.45, 2.75) is 23.8 Å². The fraction of sp³-hybridized carbons (Fsp3) is 0.185. The molecule has 0 bridgehead atoms.